The monoisotopic (exact) mass is 434 g/mol. The molecular formula is C20H23BrN2O4. The number of nitrogens with one attached hydrogen (secondary N) is 2. The van der Waals surface area contributed by atoms with Gasteiger partial charge in [-0.25, -0.2) is 0 Å². The third-order valence-corrected chi connectivity index (χ3v) is 4.31. The number of hydrogen-bond donors (Lipinski definition) is 2. The van der Waals surface area contributed by atoms with Gasteiger partial charge in [0.25, 0.3) is 11.8 Å². The molecular weight excluding hydrogens is 412 g/mol. The number of ether oxygens (including phenoxy) is 2. The number of amides is 2. The second-order valence-electron chi connectivity index (χ2n) is 5.72. The van der Waals surface area contributed by atoms with Gasteiger partial charge in [-0.3, -0.25) is 9.59 Å². The molecule has 0 heterocycles. The van der Waals surface area contributed by atoms with Crippen molar-refractivity contribution in [3.8, 4) is 5.75 Å². The Morgan fingerprint density at radius 1 is 1.07 bits per heavy atom. The molecule has 7 heteroatoms. The first kappa shape index (κ1) is 20.9. The van der Waals surface area contributed by atoms with E-state index >= 15 is 0 Å². The van der Waals surface area contributed by atoms with Crippen molar-refractivity contribution < 1.29 is 19.1 Å². The van der Waals surface area contributed by atoms with Gasteiger partial charge in [0.1, 0.15) is 5.75 Å². The van der Waals surface area contributed by atoms with Crippen molar-refractivity contribution in [1.82, 2.24) is 5.32 Å². The first-order valence-corrected chi connectivity index (χ1v) is 9.45. The number of anilines is 1. The van der Waals surface area contributed by atoms with E-state index in [0.717, 1.165) is 6.42 Å². The Morgan fingerprint density at radius 3 is 2.56 bits per heavy atom. The van der Waals surface area contributed by atoms with Crippen LogP contribution in [0.5, 0.6) is 5.75 Å². The van der Waals surface area contributed by atoms with Gasteiger partial charge in [-0.1, -0.05) is 6.07 Å². The lowest BCUT2D eigenvalue weighted by molar-refractivity contribution is 0.0947. The van der Waals surface area contributed by atoms with Gasteiger partial charge >= 0.3 is 0 Å². The summed E-state index contributed by atoms with van der Waals surface area (Å²) in [6.45, 7) is 3.57. The number of carbonyl (C=O) groups is 2. The molecule has 0 atom stereocenters. The van der Waals surface area contributed by atoms with Crippen LogP contribution in [0, 0.1) is 0 Å². The van der Waals surface area contributed by atoms with Gasteiger partial charge < -0.3 is 20.1 Å². The SMILES string of the molecule is CCOc1ccc(C(=O)Nc2cccc(C(=O)NCCCOC)c2)cc1Br. The second-order valence-corrected chi connectivity index (χ2v) is 6.57. The predicted octanol–water partition coefficient (Wildman–Crippen LogP) is 3.87. The Bertz CT molecular complexity index is 795. The summed E-state index contributed by atoms with van der Waals surface area (Å²) in [6, 6.07) is 12.0. The molecule has 27 heavy (non-hydrogen) atoms. The Balaban J connectivity index is 2.01. The molecule has 0 fully saturated rings. The van der Waals surface area contributed by atoms with E-state index in [4.69, 9.17) is 9.47 Å². The molecule has 2 aromatic rings. The van der Waals surface area contributed by atoms with E-state index in [0.29, 0.717) is 46.8 Å². The fourth-order valence-corrected chi connectivity index (χ4v) is 2.87. The van der Waals surface area contributed by atoms with Crippen LogP contribution in [0.2, 0.25) is 0 Å². The van der Waals surface area contributed by atoms with Crippen LogP contribution in [0.15, 0.2) is 46.9 Å². The molecule has 2 rings (SSSR count). The molecule has 2 N–H and O–H groups in total. The summed E-state index contributed by atoms with van der Waals surface area (Å²) in [5.41, 5.74) is 1.52. The summed E-state index contributed by atoms with van der Waals surface area (Å²) in [5.74, 6) is 0.226. The zero-order chi connectivity index (χ0) is 19.6. The Hall–Kier alpha value is -2.38. The van der Waals surface area contributed by atoms with Crippen LogP contribution in [0.25, 0.3) is 0 Å². The maximum absolute atomic E-state index is 12.5. The van der Waals surface area contributed by atoms with Crippen LogP contribution in [0.4, 0.5) is 5.69 Å². The molecule has 0 aliphatic heterocycles. The van der Waals surface area contributed by atoms with Crippen molar-refractivity contribution in [1.29, 1.82) is 0 Å². The van der Waals surface area contributed by atoms with Crippen LogP contribution in [-0.4, -0.2) is 38.7 Å². The molecule has 2 aromatic carbocycles. The van der Waals surface area contributed by atoms with E-state index in [1.165, 1.54) is 0 Å². The number of rotatable bonds is 9. The number of methoxy groups -OCH3 is 1. The summed E-state index contributed by atoms with van der Waals surface area (Å²) >= 11 is 3.40. The van der Waals surface area contributed by atoms with E-state index in [1.54, 1.807) is 49.6 Å². The van der Waals surface area contributed by atoms with Gasteiger partial charge in [-0.15, -0.1) is 0 Å². The highest BCUT2D eigenvalue weighted by Crippen LogP contribution is 2.26. The van der Waals surface area contributed by atoms with E-state index in [2.05, 4.69) is 26.6 Å². The van der Waals surface area contributed by atoms with Crippen molar-refractivity contribution >= 4 is 33.4 Å². The minimum Gasteiger partial charge on any atom is -0.493 e. The minimum absolute atomic E-state index is 0.189. The minimum atomic E-state index is -0.267. The molecule has 6 nitrogen and oxygen atoms in total. The third-order valence-electron chi connectivity index (χ3n) is 3.69. The number of benzene rings is 2. The van der Waals surface area contributed by atoms with Gasteiger partial charge in [0.2, 0.25) is 0 Å². The van der Waals surface area contributed by atoms with Crippen LogP contribution < -0.4 is 15.4 Å². The summed E-state index contributed by atoms with van der Waals surface area (Å²) in [7, 11) is 1.62. The molecule has 0 aromatic heterocycles. The highest BCUT2D eigenvalue weighted by Gasteiger charge is 2.11. The smallest absolute Gasteiger partial charge is 0.255 e. The lowest BCUT2D eigenvalue weighted by atomic mass is 10.1. The lowest BCUT2D eigenvalue weighted by Gasteiger charge is -2.10. The van der Waals surface area contributed by atoms with Crippen molar-refractivity contribution in [2.45, 2.75) is 13.3 Å². The molecule has 0 saturated carbocycles. The highest BCUT2D eigenvalue weighted by atomic mass is 79.9. The van der Waals surface area contributed by atoms with Gasteiger partial charge in [-0.05, 0) is 65.7 Å². The summed E-state index contributed by atoms with van der Waals surface area (Å²) < 4.78 is 11.1. The Labute approximate surface area is 167 Å². The van der Waals surface area contributed by atoms with E-state index in [1.807, 2.05) is 6.92 Å². The largest absolute Gasteiger partial charge is 0.493 e. The maximum Gasteiger partial charge on any atom is 0.255 e. The molecule has 0 spiro atoms. The number of carbonyl (C=O) groups excluding carboxylic acids is 2. The molecule has 2 amide bonds. The van der Waals surface area contributed by atoms with Gasteiger partial charge in [0.15, 0.2) is 0 Å². The van der Waals surface area contributed by atoms with Gasteiger partial charge in [0.05, 0.1) is 11.1 Å². The molecule has 0 aliphatic carbocycles. The normalized spacial score (nSPS) is 10.3. The average Bonchev–Trinajstić information content (AvgIpc) is 2.67. The van der Waals surface area contributed by atoms with Crippen LogP contribution >= 0.6 is 15.9 Å². The van der Waals surface area contributed by atoms with Crippen LogP contribution in [-0.2, 0) is 4.74 Å². The zero-order valence-corrected chi connectivity index (χ0v) is 17.0. The summed E-state index contributed by atoms with van der Waals surface area (Å²) in [5, 5.41) is 5.63. The molecule has 144 valence electrons. The topological polar surface area (TPSA) is 76.7 Å². The summed E-state index contributed by atoms with van der Waals surface area (Å²) in [6.07, 6.45) is 0.741. The molecule has 0 unspecified atom stereocenters. The third kappa shape index (κ3) is 6.37. The van der Waals surface area contributed by atoms with Crippen LogP contribution in [0.1, 0.15) is 34.1 Å². The van der Waals surface area contributed by atoms with Crippen molar-refractivity contribution in [2.24, 2.45) is 0 Å². The van der Waals surface area contributed by atoms with Gasteiger partial charge in [0, 0.05) is 37.1 Å². The van der Waals surface area contributed by atoms with E-state index < -0.39 is 0 Å². The lowest BCUT2D eigenvalue weighted by Crippen LogP contribution is -2.25. The van der Waals surface area contributed by atoms with Crippen molar-refractivity contribution in [2.75, 3.05) is 32.2 Å². The molecule has 0 saturated heterocycles. The van der Waals surface area contributed by atoms with Crippen molar-refractivity contribution in [3.05, 3.63) is 58.1 Å². The zero-order valence-electron chi connectivity index (χ0n) is 15.4. The standard InChI is InChI=1S/C20H23BrN2O4/c1-3-27-18-9-8-15(13-17(18)21)20(25)23-16-7-4-6-14(12-16)19(24)22-10-5-11-26-2/h4,6-9,12-13H,3,5,10-11H2,1-2H3,(H,22,24)(H,23,25). The average molecular weight is 435 g/mol. The van der Waals surface area contributed by atoms with Crippen molar-refractivity contribution in [3.63, 3.8) is 0 Å². The molecule has 0 aliphatic rings. The molecule has 0 bridgehead atoms. The van der Waals surface area contributed by atoms with Crippen LogP contribution in [0.3, 0.4) is 0 Å². The fourth-order valence-electron chi connectivity index (χ4n) is 2.38. The second kappa shape index (κ2) is 10.7. The quantitative estimate of drug-likeness (QED) is 0.587. The molecule has 0 radical (unpaired) electrons. The fraction of sp³-hybridized carbons (Fsp3) is 0.300. The Kier molecular flexibility index (Phi) is 8.29. The Morgan fingerprint density at radius 2 is 1.85 bits per heavy atom. The maximum atomic E-state index is 12.5. The number of halogens is 1. The number of hydrogen-bond acceptors (Lipinski definition) is 4. The first-order valence-electron chi connectivity index (χ1n) is 8.66. The highest BCUT2D eigenvalue weighted by molar-refractivity contribution is 9.10. The van der Waals surface area contributed by atoms with E-state index in [-0.39, 0.29) is 11.8 Å². The predicted molar refractivity (Wildman–Crippen MR) is 109 cm³/mol. The summed E-state index contributed by atoms with van der Waals surface area (Å²) in [4.78, 5) is 24.6. The first-order chi connectivity index (χ1) is 13.0. The van der Waals surface area contributed by atoms with E-state index in [9.17, 15) is 9.59 Å². The van der Waals surface area contributed by atoms with Gasteiger partial charge in [-0.2, -0.15) is 0 Å².